The van der Waals surface area contributed by atoms with Crippen molar-refractivity contribution in [3.8, 4) is 0 Å². The Bertz CT molecular complexity index is 159. The standard InChI is InChI=1S/C8H15NO2/c1-3-9(4-2)8(5-6-8)7(10)11/h3-6H2,1-2H3,(H,10,11). The highest BCUT2D eigenvalue weighted by Gasteiger charge is 2.53. The smallest absolute Gasteiger partial charge is 0.324 e. The molecule has 0 spiro atoms. The second-order valence-corrected chi connectivity index (χ2v) is 3.01. The molecule has 3 nitrogen and oxygen atoms in total. The van der Waals surface area contributed by atoms with Crippen molar-refractivity contribution in [2.24, 2.45) is 0 Å². The summed E-state index contributed by atoms with van der Waals surface area (Å²) in [6.07, 6.45) is 1.65. The first-order chi connectivity index (χ1) is 5.17. The van der Waals surface area contributed by atoms with Gasteiger partial charge < -0.3 is 5.11 Å². The SMILES string of the molecule is CCN(CC)C1(C(=O)O)CC1. The van der Waals surface area contributed by atoms with Gasteiger partial charge in [0, 0.05) is 0 Å². The van der Waals surface area contributed by atoms with Crippen molar-refractivity contribution in [1.82, 2.24) is 4.90 Å². The zero-order valence-electron chi connectivity index (χ0n) is 7.13. The number of aliphatic carboxylic acids is 1. The normalized spacial score (nSPS) is 20.3. The van der Waals surface area contributed by atoms with E-state index in [1.807, 2.05) is 18.7 Å². The number of hydrogen-bond donors (Lipinski definition) is 1. The van der Waals surface area contributed by atoms with Crippen LogP contribution in [0.3, 0.4) is 0 Å². The predicted molar refractivity (Wildman–Crippen MR) is 42.5 cm³/mol. The summed E-state index contributed by atoms with van der Waals surface area (Å²) in [7, 11) is 0. The van der Waals surface area contributed by atoms with E-state index >= 15 is 0 Å². The monoisotopic (exact) mass is 157 g/mol. The van der Waals surface area contributed by atoms with Gasteiger partial charge in [0.2, 0.25) is 0 Å². The summed E-state index contributed by atoms with van der Waals surface area (Å²) in [5.74, 6) is -0.652. The summed E-state index contributed by atoms with van der Waals surface area (Å²) < 4.78 is 0. The summed E-state index contributed by atoms with van der Waals surface area (Å²) in [6.45, 7) is 5.69. The topological polar surface area (TPSA) is 40.5 Å². The van der Waals surface area contributed by atoms with Gasteiger partial charge in [-0.2, -0.15) is 0 Å². The van der Waals surface area contributed by atoms with Crippen molar-refractivity contribution in [1.29, 1.82) is 0 Å². The molecule has 0 heterocycles. The van der Waals surface area contributed by atoms with Crippen LogP contribution in [0.4, 0.5) is 0 Å². The van der Waals surface area contributed by atoms with Crippen LogP contribution >= 0.6 is 0 Å². The maximum atomic E-state index is 10.8. The molecular weight excluding hydrogens is 142 g/mol. The molecule has 1 aliphatic carbocycles. The molecule has 0 aliphatic heterocycles. The summed E-state index contributed by atoms with van der Waals surface area (Å²) >= 11 is 0. The summed E-state index contributed by atoms with van der Waals surface area (Å²) in [6, 6.07) is 0. The van der Waals surface area contributed by atoms with Gasteiger partial charge in [0.05, 0.1) is 0 Å². The fourth-order valence-corrected chi connectivity index (χ4v) is 1.61. The fourth-order valence-electron chi connectivity index (χ4n) is 1.61. The molecule has 1 rings (SSSR count). The van der Waals surface area contributed by atoms with E-state index < -0.39 is 11.5 Å². The van der Waals surface area contributed by atoms with Gasteiger partial charge >= 0.3 is 5.97 Å². The third-order valence-electron chi connectivity index (χ3n) is 2.49. The average Bonchev–Trinajstić information content (AvgIpc) is 2.71. The largest absolute Gasteiger partial charge is 0.480 e. The van der Waals surface area contributed by atoms with Crippen LogP contribution < -0.4 is 0 Å². The van der Waals surface area contributed by atoms with Gasteiger partial charge in [-0.25, -0.2) is 0 Å². The molecule has 0 unspecified atom stereocenters. The Morgan fingerprint density at radius 2 is 1.91 bits per heavy atom. The van der Waals surface area contributed by atoms with Gasteiger partial charge in [-0.15, -0.1) is 0 Å². The van der Waals surface area contributed by atoms with E-state index in [1.54, 1.807) is 0 Å². The number of carbonyl (C=O) groups is 1. The van der Waals surface area contributed by atoms with Crippen LogP contribution in [-0.4, -0.2) is 34.6 Å². The first-order valence-electron chi connectivity index (χ1n) is 4.16. The summed E-state index contributed by atoms with van der Waals surface area (Å²) in [4.78, 5) is 12.8. The van der Waals surface area contributed by atoms with E-state index in [-0.39, 0.29) is 0 Å². The number of nitrogens with zero attached hydrogens (tertiary/aromatic N) is 1. The molecule has 3 heteroatoms. The molecule has 11 heavy (non-hydrogen) atoms. The lowest BCUT2D eigenvalue weighted by Gasteiger charge is -2.25. The predicted octanol–water partition coefficient (Wildman–Crippen LogP) is 0.945. The van der Waals surface area contributed by atoms with Crippen molar-refractivity contribution < 1.29 is 9.90 Å². The van der Waals surface area contributed by atoms with Gasteiger partial charge in [0.15, 0.2) is 0 Å². The van der Waals surface area contributed by atoms with E-state index in [0.29, 0.717) is 0 Å². The Morgan fingerprint density at radius 1 is 1.45 bits per heavy atom. The molecule has 0 bridgehead atoms. The molecule has 1 N–H and O–H groups in total. The highest BCUT2D eigenvalue weighted by Crippen LogP contribution is 2.41. The average molecular weight is 157 g/mol. The van der Waals surface area contributed by atoms with Crippen LogP contribution in [0, 0.1) is 0 Å². The Morgan fingerprint density at radius 3 is 2.00 bits per heavy atom. The van der Waals surface area contributed by atoms with Crippen molar-refractivity contribution in [3.05, 3.63) is 0 Å². The van der Waals surface area contributed by atoms with Crippen molar-refractivity contribution in [2.75, 3.05) is 13.1 Å². The fraction of sp³-hybridized carbons (Fsp3) is 0.875. The van der Waals surface area contributed by atoms with Crippen LogP contribution in [0.25, 0.3) is 0 Å². The molecule has 64 valence electrons. The van der Waals surface area contributed by atoms with E-state index in [4.69, 9.17) is 5.11 Å². The molecule has 0 radical (unpaired) electrons. The molecule has 1 aliphatic rings. The first kappa shape index (κ1) is 8.53. The minimum Gasteiger partial charge on any atom is -0.480 e. The molecule has 0 aromatic carbocycles. The molecule has 0 aromatic heterocycles. The minimum atomic E-state index is -0.652. The number of likely N-dealkylation sites (N-methyl/N-ethyl adjacent to an activating group) is 1. The van der Waals surface area contributed by atoms with Gasteiger partial charge in [-0.3, -0.25) is 9.69 Å². The highest BCUT2D eigenvalue weighted by molar-refractivity contribution is 5.82. The Hall–Kier alpha value is -0.570. The number of hydrogen-bond acceptors (Lipinski definition) is 2. The maximum absolute atomic E-state index is 10.8. The van der Waals surface area contributed by atoms with E-state index in [2.05, 4.69) is 0 Å². The van der Waals surface area contributed by atoms with Crippen LogP contribution in [0.2, 0.25) is 0 Å². The van der Waals surface area contributed by atoms with Crippen LogP contribution in [0.15, 0.2) is 0 Å². The van der Waals surface area contributed by atoms with Crippen LogP contribution in [0.1, 0.15) is 26.7 Å². The van der Waals surface area contributed by atoms with E-state index in [0.717, 1.165) is 25.9 Å². The third-order valence-corrected chi connectivity index (χ3v) is 2.49. The van der Waals surface area contributed by atoms with E-state index in [9.17, 15) is 4.79 Å². The zero-order chi connectivity index (χ0) is 8.48. The zero-order valence-corrected chi connectivity index (χ0v) is 7.13. The Balaban J connectivity index is 2.63. The molecule has 1 fully saturated rings. The number of carboxylic acid groups (broad SMARTS) is 1. The van der Waals surface area contributed by atoms with Gasteiger partial charge in [-0.05, 0) is 25.9 Å². The van der Waals surface area contributed by atoms with Gasteiger partial charge in [0.25, 0.3) is 0 Å². The van der Waals surface area contributed by atoms with Crippen molar-refractivity contribution in [2.45, 2.75) is 32.2 Å². The molecule has 0 amide bonds. The minimum absolute atomic E-state index is 0.483. The maximum Gasteiger partial charge on any atom is 0.324 e. The quantitative estimate of drug-likeness (QED) is 0.660. The van der Waals surface area contributed by atoms with E-state index in [1.165, 1.54) is 0 Å². The lowest BCUT2D eigenvalue weighted by Crippen LogP contribution is -2.43. The van der Waals surface area contributed by atoms with Crippen LogP contribution in [-0.2, 0) is 4.79 Å². The number of carboxylic acids is 1. The highest BCUT2D eigenvalue weighted by atomic mass is 16.4. The number of rotatable bonds is 4. The summed E-state index contributed by atoms with van der Waals surface area (Å²) in [5, 5.41) is 8.89. The molecule has 0 atom stereocenters. The Labute approximate surface area is 67.0 Å². The summed E-state index contributed by atoms with van der Waals surface area (Å²) in [5.41, 5.74) is -0.483. The van der Waals surface area contributed by atoms with Crippen molar-refractivity contribution >= 4 is 5.97 Å². The molecule has 1 saturated carbocycles. The van der Waals surface area contributed by atoms with Crippen LogP contribution in [0.5, 0.6) is 0 Å². The first-order valence-corrected chi connectivity index (χ1v) is 4.16. The lowest BCUT2D eigenvalue weighted by molar-refractivity contribution is -0.145. The third kappa shape index (κ3) is 1.25. The second kappa shape index (κ2) is 2.81. The lowest BCUT2D eigenvalue weighted by atomic mass is 10.2. The molecule has 0 saturated heterocycles. The van der Waals surface area contributed by atoms with Crippen molar-refractivity contribution in [3.63, 3.8) is 0 Å². The Kier molecular flexibility index (Phi) is 2.18. The van der Waals surface area contributed by atoms with Gasteiger partial charge in [0.1, 0.15) is 5.54 Å². The van der Waals surface area contributed by atoms with Gasteiger partial charge in [-0.1, -0.05) is 13.8 Å². The molecular formula is C8H15NO2. The molecule has 0 aromatic rings. The second-order valence-electron chi connectivity index (χ2n) is 3.01.